The Morgan fingerprint density at radius 2 is 1.60 bits per heavy atom. The minimum absolute atomic E-state index is 0.427. The van der Waals surface area contributed by atoms with Crippen LogP contribution in [0.1, 0.15) is 44.0 Å². The molecule has 3 aromatic rings. The highest BCUT2D eigenvalue weighted by Gasteiger charge is 2.22. The van der Waals surface area contributed by atoms with Crippen LogP contribution in [0.4, 0.5) is 0 Å². The molecule has 0 aliphatic rings. The zero-order valence-corrected chi connectivity index (χ0v) is 19.0. The normalized spacial score (nSPS) is 11.1. The first-order valence-electron chi connectivity index (χ1n) is 10.2. The number of hydrogen-bond acceptors (Lipinski definition) is 3. The molecule has 0 atom stereocenters. The second kappa shape index (κ2) is 10.0. The van der Waals surface area contributed by atoms with Gasteiger partial charge in [0.15, 0.2) is 0 Å². The lowest BCUT2D eigenvalue weighted by Gasteiger charge is -2.11. The maximum atomic E-state index is 12.0. The number of nitrogens with one attached hydrogen (secondary N) is 1. The fraction of sp³-hybridized carbons (Fsp3) is 0.320. The highest BCUT2D eigenvalue weighted by atomic mass is 32.2. The minimum Gasteiger partial charge on any atom is -0.478 e. The van der Waals surface area contributed by atoms with Crippen molar-refractivity contribution in [3.63, 3.8) is 0 Å². The first kappa shape index (κ1) is 22.2. The van der Waals surface area contributed by atoms with Crippen molar-refractivity contribution >= 4 is 17.7 Å². The van der Waals surface area contributed by atoms with Gasteiger partial charge in [-0.05, 0) is 63.3 Å². The standard InChI is InChI=1S/C25H30N2O2S/c1-17-5-7-21(8-6-17)16-27-18(2)23(24(19(27)3)25(28)29)15-26-14-13-20-9-11-22(30-4)12-10-20/h5-12,26H,13-16H2,1-4H3,(H,28,29). The van der Waals surface area contributed by atoms with Gasteiger partial charge in [0.2, 0.25) is 0 Å². The second-order valence-corrected chi connectivity index (χ2v) is 8.56. The van der Waals surface area contributed by atoms with E-state index >= 15 is 0 Å². The molecule has 30 heavy (non-hydrogen) atoms. The largest absolute Gasteiger partial charge is 0.478 e. The predicted molar refractivity (Wildman–Crippen MR) is 125 cm³/mol. The molecule has 0 fully saturated rings. The van der Waals surface area contributed by atoms with Gasteiger partial charge in [0.25, 0.3) is 0 Å². The van der Waals surface area contributed by atoms with Gasteiger partial charge >= 0.3 is 5.97 Å². The summed E-state index contributed by atoms with van der Waals surface area (Å²) in [6.07, 6.45) is 2.99. The molecule has 0 radical (unpaired) electrons. The van der Waals surface area contributed by atoms with Crippen LogP contribution in [0, 0.1) is 20.8 Å². The summed E-state index contributed by atoms with van der Waals surface area (Å²) in [6.45, 7) is 8.03. The summed E-state index contributed by atoms with van der Waals surface area (Å²) in [5.41, 5.74) is 6.81. The lowest BCUT2D eigenvalue weighted by atomic mass is 10.1. The predicted octanol–water partition coefficient (Wildman–Crippen LogP) is 5.21. The van der Waals surface area contributed by atoms with Crippen LogP contribution in [0.25, 0.3) is 0 Å². The van der Waals surface area contributed by atoms with Gasteiger partial charge in [-0.3, -0.25) is 0 Å². The third kappa shape index (κ3) is 5.15. The quantitative estimate of drug-likeness (QED) is 0.367. The summed E-state index contributed by atoms with van der Waals surface area (Å²) in [6, 6.07) is 17.0. The van der Waals surface area contributed by atoms with E-state index in [9.17, 15) is 9.90 Å². The Hall–Kier alpha value is -2.50. The molecule has 0 amide bonds. The molecular formula is C25H30N2O2S. The molecule has 0 saturated carbocycles. The van der Waals surface area contributed by atoms with Crippen molar-refractivity contribution in [2.75, 3.05) is 12.8 Å². The summed E-state index contributed by atoms with van der Waals surface area (Å²) >= 11 is 1.74. The molecular weight excluding hydrogens is 392 g/mol. The number of aromatic nitrogens is 1. The molecule has 0 saturated heterocycles. The Bertz CT molecular complexity index is 1010. The molecule has 0 spiro atoms. The van der Waals surface area contributed by atoms with Gasteiger partial charge < -0.3 is 15.0 Å². The third-order valence-corrected chi connectivity index (χ3v) is 6.38. The van der Waals surface area contributed by atoms with Gasteiger partial charge in [-0.25, -0.2) is 4.79 Å². The maximum absolute atomic E-state index is 12.0. The maximum Gasteiger partial charge on any atom is 0.337 e. The number of carbonyl (C=O) groups is 1. The van der Waals surface area contributed by atoms with Crippen LogP contribution in [-0.2, 0) is 19.5 Å². The van der Waals surface area contributed by atoms with Crippen molar-refractivity contribution in [1.82, 2.24) is 9.88 Å². The first-order chi connectivity index (χ1) is 14.4. The Balaban J connectivity index is 1.71. The lowest BCUT2D eigenvalue weighted by Crippen LogP contribution is -2.18. The lowest BCUT2D eigenvalue weighted by molar-refractivity contribution is 0.0694. The van der Waals surface area contributed by atoms with Crippen molar-refractivity contribution in [1.29, 1.82) is 0 Å². The van der Waals surface area contributed by atoms with Crippen LogP contribution in [0.5, 0.6) is 0 Å². The molecule has 1 aromatic heterocycles. The number of carboxylic acids is 1. The number of thioether (sulfide) groups is 1. The Morgan fingerprint density at radius 1 is 0.967 bits per heavy atom. The van der Waals surface area contributed by atoms with Crippen LogP contribution in [0.15, 0.2) is 53.4 Å². The fourth-order valence-corrected chi connectivity index (χ4v) is 4.21. The topological polar surface area (TPSA) is 54.3 Å². The molecule has 5 heteroatoms. The van der Waals surface area contributed by atoms with Gasteiger partial charge in [0.1, 0.15) is 0 Å². The van der Waals surface area contributed by atoms with Crippen LogP contribution in [-0.4, -0.2) is 28.4 Å². The molecule has 0 aliphatic carbocycles. The molecule has 2 N–H and O–H groups in total. The SMILES string of the molecule is CSc1ccc(CCNCc2c(C(=O)O)c(C)n(Cc3ccc(C)cc3)c2C)cc1. The van der Waals surface area contributed by atoms with E-state index in [-0.39, 0.29) is 0 Å². The smallest absolute Gasteiger partial charge is 0.337 e. The van der Waals surface area contributed by atoms with Crippen molar-refractivity contribution in [2.45, 2.75) is 45.2 Å². The summed E-state index contributed by atoms with van der Waals surface area (Å²) in [4.78, 5) is 13.2. The average Bonchev–Trinajstić information content (AvgIpc) is 2.97. The first-order valence-corrected chi connectivity index (χ1v) is 11.4. The van der Waals surface area contributed by atoms with Crippen LogP contribution in [0.3, 0.4) is 0 Å². The molecule has 158 valence electrons. The molecule has 0 aliphatic heterocycles. The van der Waals surface area contributed by atoms with Crippen molar-refractivity contribution in [2.24, 2.45) is 0 Å². The van der Waals surface area contributed by atoms with Gasteiger partial charge in [0.05, 0.1) is 5.56 Å². The highest BCUT2D eigenvalue weighted by molar-refractivity contribution is 7.98. The Kier molecular flexibility index (Phi) is 7.40. The summed E-state index contributed by atoms with van der Waals surface area (Å²) in [7, 11) is 0. The van der Waals surface area contributed by atoms with Gasteiger partial charge in [-0.2, -0.15) is 0 Å². The van der Waals surface area contributed by atoms with E-state index in [0.717, 1.165) is 29.9 Å². The summed E-state index contributed by atoms with van der Waals surface area (Å²) in [5, 5.41) is 13.3. The van der Waals surface area contributed by atoms with E-state index in [1.165, 1.54) is 21.6 Å². The van der Waals surface area contributed by atoms with Crippen molar-refractivity contribution in [3.8, 4) is 0 Å². The summed E-state index contributed by atoms with van der Waals surface area (Å²) in [5.74, 6) is -0.859. The second-order valence-electron chi connectivity index (χ2n) is 7.68. The number of aryl methyl sites for hydroxylation is 1. The number of carboxylic acid groups (broad SMARTS) is 1. The molecule has 1 heterocycles. The average molecular weight is 423 g/mol. The number of aromatic carboxylic acids is 1. The van der Waals surface area contributed by atoms with E-state index < -0.39 is 5.97 Å². The molecule has 2 aromatic carbocycles. The Labute approximate surface area is 183 Å². The van der Waals surface area contributed by atoms with Crippen molar-refractivity contribution in [3.05, 3.63) is 87.7 Å². The molecule has 4 nitrogen and oxygen atoms in total. The number of rotatable bonds is 9. The van der Waals surface area contributed by atoms with Gasteiger partial charge in [-0.1, -0.05) is 42.0 Å². The Morgan fingerprint density at radius 3 is 2.20 bits per heavy atom. The van der Waals surface area contributed by atoms with E-state index in [4.69, 9.17) is 0 Å². The monoisotopic (exact) mass is 422 g/mol. The number of nitrogens with zero attached hydrogens (tertiary/aromatic N) is 1. The number of hydrogen-bond donors (Lipinski definition) is 2. The fourth-order valence-electron chi connectivity index (χ4n) is 3.80. The molecule has 3 rings (SSSR count). The zero-order chi connectivity index (χ0) is 21.7. The van der Waals surface area contributed by atoms with Crippen LogP contribution < -0.4 is 5.32 Å². The van der Waals surface area contributed by atoms with Gasteiger partial charge in [-0.15, -0.1) is 11.8 Å². The number of benzene rings is 2. The van der Waals surface area contributed by atoms with E-state index in [1.54, 1.807) is 11.8 Å². The third-order valence-electron chi connectivity index (χ3n) is 5.64. The van der Waals surface area contributed by atoms with Crippen LogP contribution >= 0.6 is 11.8 Å². The van der Waals surface area contributed by atoms with Crippen molar-refractivity contribution < 1.29 is 9.90 Å². The molecule has 0 bridgehead atoms. The van der Waals surface area contributed by atoms with E-state index in [0.29, 0.717) is 18.7 Å². The van der Waals surface area contributed by atoms with Gasteiger partial charge in [0, 0.05) is 34.9 Å². The van der Waals surface area contributed by atoms with Crippen LogP contribution in [0.2, 0.25) is 0 Å². The zero-order valence-electron chi connectivity index (χ0n) is 18.2. The highest BCUT2D eigenvalue weighted by Crippen LogP contribution is 2.24. The van der Waals surface area contributed by atoms with E-state index in [2.05, 4.69) is 71.6 Å². The summed E-state index contributed by atoms with van der Waals surface area (Å²) < 4.78 is 2.12. The minimum atomic E-state index is -0.859. The van der Waals surface area contributed by atoms with E-state index in [1.807, 2.05) is 13.8 Å². The molecule has 0 unspecified atom stereocenters.